The van der Waals surface area contributed by atoms with Crippen molar-refractivity contribution in [3.05, 3.63) is 27.7 Å². The standard InChI is InChI=1S/C16H25BrN2O2/c1-11-7-13(17)8-12(9-18-16(2,3)4)15(11)21-10-14(20)19(5)6/h7-8,18H,9-10H2,1-6H3. The molecule has 4 nitrogen and oxygen atoms in total. The van der Waals surface area contributed by atoms with E-state index in [1.54, 1.807) is 14.1 Å². The number of aryl methyl sites for hydroxylation is 1. The number of hydrogen-bond acceptors (Lipinski definition) is 3. The maximum Gasteiger partial charge on any atom is 0.259 e. The number of ether oxygens (including phenoxy) is 1. The molecule has 1 N–H and O–H groups in total. The van der Waals surface area contributed by atoms with E-state index in [1.807, 2.05) is 19.1 Å². The van der Waals surface area contributed by atoms with Gasteiger partial charge in [0, 0.05) is 36.2 Å². The highest BCUT2D eigenvalue weighted by molar-refractivity contribution is 9.10. The van der Waals surface area contributed by atoms with Crippen molar-refractivity contribution in [2.24, 2.45) is 0 Å². The minimum Gasteiger partial charge on any atom is -0.483 e. The summed E-state index contributed by atoms with van der Waals surface area (Å²) in [5, 5.41) is 3.45. The van der Waals surface area contributed by atoms with Gasteiger partial charge in [0.1, 0.15) is 5.75 Å². The lowest BCUT2D eigenvalue weighted by atomic mass is 10.1. The summed E-state index contributed by atoms with van der Waals surface area (Å²) in [6, 6.07) is 4.03. The highest BCUT2D eigenvalue weighted by atomic mass is 79.9. The van der Waals surface area contributed by atoms with Gasteiger partial charge in [-0.05, 0) is 45.4 Å². The molecule has 0 radical (unpaired) electrons. The lowest BCUT2D eigenvalue weighted by Gasteiger charge is -2.23. The molecule has 1 amide bonds. The first-order chi connectivity index (χ1) is 9.60. The van der Waals surface area contributed by atoms with Crippen LogP contribution in [0.25, 0.3) is 0 Å². The lowest BCUT2D eigenvalue weighted by Crippen LogP contribution is -2.35. The van der Waals surface area contributed by atoms with Gasteiger partial charge in [-0.1, -0.05) is 15.9 Å². The first kappa shape index (κ1) is 18.0. The number of hydrogen-bond donors (Lipinski definition) is 1. The zero-order valence-corrected chi connectivity index (χ0v) is 15.3. The van der Waals surface area contributed by atoms with Crippen molar-refractivity contribution >= 4 is 21.8 Å². The Morgan fingerprint density at radius 2 is 1.95 bits per heavy atom. The van der Waals surface area contributed by atoms with Crippen LogP contribution in [0.2, 0.25) is 0 Å². The van der Waals surface area contributed by atoms with Gasteiger partial charge in [-0.3, -0.25) is 4.79 Å². The van der Waals surface area contributed by atoms with E-state index in [2.05, 4.69) is 42.0 Å². The van der Waals surface area contributed by atoms with E-state index in [9.17, 15) is 4.79 Å². The van der Waals surface area contributed by atoms with E-state index >= 15 is 0 Å². The molecule has 0 fully saturated rings. The highest BCUT2D eigenvalue weighted by Gasteiger charge is 2.15. The monoisotopic (exact) mass is 356 g/mol. The van der Waals surface area contributed by atoms with Crippen LogP contribution in [0.3, 0.4) is 0 Å². The van der Waals surface area contributed by atoms with Crippen LogP contribution >= 0.6 is 15.9 Å². The predicted octanol–water partition coefficient (Wildman–Crippen LogP) is 3.11. The van der Waals surface area contributed by atoms with Gasteiger partial charge in [0.25, 0.3) is 5.91 Å². The Morgan fingerprint density at radius 1 is 1.33 bits per heavy atom. The van der Waals surface area contributed by atoms with Gasteiger partial charge in [0.05, 0.1) is 0 Å². The summed E-state index contributed by atoms with van der Waals surface area (Å²) in [5.41, 5.74) is 2.08. The molecule has 1 aromatic carbocycles. The summed E-state index contributed by atoms with van der Waals surface area (Å²) in [5.74, 6) is 0.734. The number of nitrogens with zero attached hydrogens (tertiary/aromatic N) is 1. The molecule has 0 saturated heterocycles. The SMILES string of the molecule is Cc1cc(Br)cc(CNC(C)(C)C)c1OCC(=O)N(C)C. The molecule has 0 heterocycles. The minimum atomic E-state index is -0.0490. The molecule has 1 aromatic rings. The van der Waals surface area contributed by atoms with E-state index in [0.717, 1.165) is 21.3 Å². The molecule has 0 aliphatic rings. The van der Waals surface area contributed by atoms with Crippen LogP contribution in [0.1, 0.15) is 31.9 Å². The fourth-order valence-corrected chi connectivity index (χ4v) is 2.38. The molecule has 0 spiro atoms. The smallest absolute Gasteiger partial charge is 0.259 e. The Hall–Kier alpha value is -1.07. The lowest BCUT2D eigenvalue weighted by molar-refractivity contribution is -0.130. The second-order valence-electron chi connectivity index (χ2n) is 6.39. The molecule has 1 rings (SSSR count). The van der Waals surface area contributed by atoms with Gasteiger partial charge in [0.15, 0.2) is 6.61 Å². The van der Waals surface area contributed by atoms with Crippen molar-refractivity contribution in [3.63, 3.8) is 0 Å². The number of carbonyl (C=O) groups excluding carboxylic acids is 1. The van der Waals surface area contributed by atoms with E-state index in [-0.39, 0.29) is 18.1 Å². The number of amides is 1. The molecule has 0 aromatic heterocycles. The summed E-state index contributed by atoms with van der Waals surface area (Å²) in [6.07, 6.45) is 0. The third-order valence-electron chi connectivity index (χ3n) is 2.96. The number of nitrogens with one attached hydrogen (secondary N) is 1. The summed E-state index contributed by atoms with van der Waals surface area (Å²) in [6.45, 7) is 9.09. The molecule has 118 valence electrons. The molecular weight excluding hydrogens is 332 g/mol. The third kappa shape index (κ3) is 6.06. The minimum absolute atomic E-state index is 0.0208. The molecule has 0 aliphatic carbocycles. The van der Waals surface area contributed by atoms with Gasteiger partial charge in [-0.2, -0.15) is 0 Å². The normalized spacial score (nSPS) is 11.4. The maximum absolute atomic E-state index is 11.7. The van der Waals surface area contributed by atoms with Gasteiger partial charge < -0.3 is 15.0 Å². The predicted molar refractivity (Wildman–Crippen MR) is 89.7 cm³/mol. The molecule has 0 saturated carbocycles. The molecule has 0 unspecified atom stereocenters. The molecule has 0 atom stereocenters. The van der Waals surface area contributed by atoms with E-state index in [4.69, 9.17) is 4.74 Å². The zero-order chi connectivity index (χ0) is 16.2. The van der Waals surface area contributed by atoms with Crippen LogP contribution < -0.4 is 10.1 Å². The zero-order valence-electron chi connectivity index (χ0n) is 13.7. The van der Waals surface area contributed by atoms with Crippen LogP contribution in [0, 0.1) is 6.92 Å². The van der Waals surface area contributed by atoms with Gasteiger partial charge in [-0.25, -0.2) is 0 Å². The van der Waals surface area contributed by atoms with Crippen molar-refractivity contribution < 1.29 is 9.53 Å². The number of carbonyl (C=O) groups is 1. The first-order valence-electron chi connectivity index (χ1n) is 6.97. The average Bonchev–Trinajstić information content (AvgIpc) is 2.33. The van der Waals surface area contributed by atoms with Crippen LogP contribution in [0.15, 0.2) is 16.6 Å². The van der Waals surface area contributed by atoms with Gasteiger partial charge >= 0.3 is 0 Å². The number of likely N-dealkylation sites (N-methyl/N-ethyl adjacent to an activating group) is 1. The summed E-state index contributed by atoms with van der Waals surface area (Å²) in [4.78, 5) is 13.2. The average molecular weight is 357 g/mol. The second kappa shape index (κ2) is 7.27. The third-order valence-corrected chi connectivity index (χ3v) is 3.42. The summed E-state index contributed by atoms with van der Waals surface area (Å²) >= 11 is 3.51. The van der Waals surface area contributed by atoms with Gasteiger partial charge in [-0.15, -0.1) is 0 Å². The topological polar surface area (TPSA) is 41.6 Å². The maximum atomic E-state index is 11.7. The van der Waals surface area contributed by atoms with Crippen molar-refractivity contribution in [2.75, 3.05) is 20.7 Å². The van der Waals surface area contributed by atoms with Crippen molar-refractivity contribution in [3.8, 4) is 5.75 Å². The Balaban J connectivity index is 2.92. The quantitative estimate of drug-likeness (QED) is 0.881. The Labute approximate surface area is 136 Å². The van der Waals surface area contributed by atoms with Crippen LogP contribution in [-0.4, -0.2) is 37.0 Å². The van der Waals surface area contributed by atoms with E-state index < -0.39 is 0 Å². The summed E-state index contributed by atoms with van der Waals surface area (Å²) < 4.78 is 6.77. The molecule has 0 aliphatic heterocycles. The number of rotatable bonds is 5. The highest BCUT2D eigenvalue weighted by Crippen LogP contribution is 2.28. The van der Waals surface area contributed by atoms with Crippen LogP contribution in [-0.2, 0) is 11.3 Å². The van der Waals surface area contributed by atoms with E-state index in [0.29, 0.717) is 6.54 Å². The fourth-order valence-electron chi connectivity index (χ4n) is 1.76. The summed E-state index contributed by atoms with van der Waals surface area (Å²) in [7, 11) is 3.45. The van der Waals surface area contributed by atoms with Crippen LogP contribution in [0.5, 0.6) is 5.75 Å². The first-order valence-corrected chi connectivity index (χ1v) is 7.76. The number of benzene rings is 1. The van der Waals surface area contributed by atoms with Crippen molar-refractivity contribution in [1.29, 1.82) is 0 Å². The fraction of sp³-hybridized carbons (Fsp3) is 0.562. The van der Waals surface area contributed by atoms with E-state index in [1.165, 1.54) is 4.90 Å². The Morgan fingerprint density at radius 3 is 2.48 bits per heavy atom. The molecule has 0 bridgehead atoms. The Bertz CT molecular complexity index is 508. The second-order valence-corrected chi connectivity index (χ2v) is 7.31. The largest absolute Gasteiger partial charge is 0.483 e. The molecular formula is C16H25BrN2O2. The number of halogens is 1. The van der Waals surface area contributed by atoms with Crippen LogP contribution in [0.4, 0.5) is 0 Å². The van der Waals surface area contributed by atoms with Crippen molar-refractivity contribution in [2.45, 2.75) is 39.8 Å². The van der Waals surface area contributed by atoms with Crippen molar-refractivity contribution in [1.82, 2.24) is 10.2 Å². The molecule has 5 heteroatoms. The Kier molecular flexibility index (Phi) is 6.23. The molecule has 21 heavy (non-hydrogen) atoms. The van der Waals surface area contributed by atoms with Gasteiger partial charge in [0.2, 0.25) is 0 Å².